The van der Waals surface area contributed by atoms with Crippen molar-refractivity contribution in [2.45, 2.75) is 51.5 Å². The van der Waals surface area contributed by atoms with E-state index in [-0.39, 0.29) is 5.41 Å². The van der Waals surface area contributed by atoms with Gasteiger partial charge in [-0.05, 0) is 32.8 Å². The Bertz CT molecular complexity index is 833. The fraction of sp³-hybridized carbons (Fsp3) is 0.545. The van der Waals surface area contributed by atoms with Crippen LogP contribution in [0.5, 0.6) is 5.75 Å². The van der Waals surface area contributed by atoms with Crippen LogP contribution < -0.4 is 15.4 Å². The van der Waals surface area contributed by atoms with E-state index in [9.17, 15) is 0 Å². The Labute approximate surface area is 168 Å². The lowest BCUT2D eigenvalue weighted by Crippen LogP contribution is -2.44. The van der Waals surface area contributed by atoms with Gasteiger partial charge in [-0.2, -0.15) is 5.10 Å². The van der Waals surface area contributed by atoms with E-state index in [0.29, 0.717) is 6.54 Å². The molecular formula is C22H33N5O. The van der Waals surface area contributed by atoms with E-state index in [1.165, 1.54) is 29.7 Å². The minimum absolute atomic E-state index is 0.0877. The van der Waals surface area contributed by atoms with Gasteiger partial charge in [0.25, 0.3) is 0 Å². The van der Waals surface area contributed by atoms with Crippen molar-refractivity contribution in [1.29, 1.82) is 0 Å². The predicted octanol–water partition coefficient (Wildman–Crippen LogP) is 3.22. The van der Waals surface area contributed by atoms with Crippen LogP contribution in [0.3, 0.4) is 0 Å². The molecule has 1 aromatic carbocycles. The van der Waals surface area contributed by atoms with E-state index in [2.05, 4.69) is 52.8 Å². The number of rotatable bonds is 6. The molecule has 0 saturated heterocycles. The Morgan fingerprint density at radius 2 is 1.93 bits per heavy atom. The Morgan fingerprint density at radius 1 is 1.21 bits per heavy atom. The van der Waals surface area contributed by atoms with Gasteiger partial charge in [-0.25, -0.2) is 0 Å². The molecule has 0 spiro atoms. The van der Waals surface area contributed by atoms with Gasteiger partial charge in [0.15, 0.2) is 5.96 Å². The minimum atomic E-state index is 0.0877. The topological polar surface area (TPSA) is 63.5 Å². The SMILES string of the molecule is CN=C(NCc1c(C)nn(C)c1C)NCC1(c2ccccc2OC)CCCC1. The number of aliphatic imine (C=N–C) groups is 1. The van der Waals surface area contributed by atoms with Crippen LogP contribution in [-0.4, -0.2) is 36.4 Å². The second-order valence-electron chi connectivity index (χ2n) is 7.74. The number of aromatic nitrogens is 2. The normalized spacial score (nSPS) is 16.2. The van der Waals surface area contributed by atoms with Gasteiger partial charge in [0, 0.05) is 49.4 Å². The number of para-hydroxylation sites is 1. The lowest BCUT2D eigenvalue weighted by Gasteiger charge is -2.32. The zero-order valence-electron chi connectivity index (χ0n) is 17.8. The van der Waals surface area contributed by atoms with Crippen molar-refractivity contribution >= 4 is 5.96 Å². The van der Waals surface area contributed by atoms with Gasteiger partial charge in [-0.1, -0.05) is 31.0 Å². The number of nitrogens with zero attached hydrogens (tertiary/aromatic N) is 3. The molecule has 1 aliphatic rings. The molecule has 2 aromatic rings. The van der Waals surface area contributed by atoms with Crippen molar-refractivity contribution in [3.63, 3.8) is 0 Å². The maximum Gasteiger partial charge on any atom is 0.191 e. The highest BCUT2D eigenvalue weighted by Gasteiger charge is 2.37. The lowest BCUT2D eigenvalue weighted by atomic mass is 9.78. The van der Waals surface area contributed by atoms with Crippen molar-refractivity contribution in [2.24, 2.45) is 12.0 Å². The van der Waals surface area contributed by atoms with Crippen LogP contribution in [0, 0.1) is 13.8 Å². The molecule has 0 amide bonds. The largest absolute Gasteiger partial charge is 0.496 e. The first-order valence-corrected chi connectivity index (χ1v) is 10.1. The van der Waals surface area contributed by atoms with Gasteiger partial charge in [0.1, 0.15) is 5.75 Å². The highest BCUT2D eigenvalue weighted by molar-refractivity contribution is 5.79. The molecule has 0 unspecified atom stereocenters. The summed E-state index contributed by atoms with van der Waals surface area (Å²) in [5.41, 5.74) is 4.86. The number of benzene rings is 1. The summed E-state index contributed by atoms with van der Waals surface area (Å²) >= 11 is 0. The molecule has 28 heavy (non-hydrogen) atoms. The Hall–Kier alpha value is -2.50. The molecule has 0 atom stereocenters. The minimum Gasteiger partial charge on any atom is -0.496 e. The second kappa shape index (κ2) is 8.67. The molecule has 0 bridgehead atoms. The monoisotopic (exact) mass is 383 g/mol. The van der Waals surface area contributed by atoms with Crippen LogP contribution in [0.2, 0.25) is 0 Å². The zero-order chi connectivity index (χ0) is 20.1. The van der Waals surface area contributed by atoms with Gasteiger partial charge in [0.05, 0.1) is 12.8 Å². The molecule has 0 radical (unpaired) electrons. The predicted molar refractivity (Wildman–Crippen MR) is 114 cm³/mol. The number of ether oxygens (including phenoxy) is 1. The first kappa shape index (κ1) is 20.2. The standard InChI is InChI=1S/C22H33N5O/c1-16-18(17(2)27(4)26-16)14-24-21(23-3)25-15-22(12-8-9-13-22)19-10-6-7-11-20(19)28-5/h6-7,10-11H,8-9,12-15H2,1-5H3,(H2,23,24,25). The Morgan fingerprint density at radius 3 is 2.54 bits per heavy atom. The van der Waals surface area contributed by atoms with E-state index in [4.69, 9.17) is 4.74 Å². The van der Waals surface area contributed by atoms with E-state index < -0.39 is 0 Å². The van der Waals surface area contributed by atoms with Gasteiger partial charge >= 0.3 is 0 Å². The lowest BCUT2D eigenvalue weighted by molar-refractivity contribution is 0.371. The van der Waals surface area contributed by atoms with E-state index >= 15 is 0 Å². The summed E-state index contributed by atoms with van der Waals surface area (Å²) in [4.78, 5) is 4.43. The first-order chi connectivity index (χ1) is 13.5. The number of methoxy groups -OCH3 is 1. The van der Waals surface area contributed by atoms with Crippen molar-refractivity contribution in [1.82, 2.24) is 20.4 Å². The van der Waals surface area contributed by atoms with Crippen LogP contribution in [-0.2, 0) is 19.0 Å². The summed E-state index contributed by atoms with van der Waals surface area (Å²) in [5.74, 6) is 1.81. The Balaban J connectivity index is 1.70. The maximum absolute atomic E-state index is 5.67. The van der Waals surface area contributed by atoms with Crippen LogP contribution in [0.4, 0.5) is 0 Å². The number of guanidine groups is 1. The van der Waals surface area contributed by atoms with Gasteiger partial charge in [-0.3, -0.25) is 9.67 Å². The van der Waals surface area contributed by atoms with Crippen molar-refractivity contribution in [3.05, 3.63) is 46.8 Å². The molecule has 6 heteroatoms. The zero-order valence-corrected chi connectivity index (χ0v) is 17.8. The van der Waals surface area contributed by atoms with Crippen molar-refractivity contribution in [3.8, 4) is 5.75 Å². The molecule has 1 aliphatic carbocycles. The van der Waals surface area contributed by atoms with Crippen LogP contribution in [0.25, 0.3) is 0 Å². The van der Waals surface area contributed by atoms with Crippen molar-refractivity contribution in [2.75, 3.05) is 20.7 Å². The van der Waals surface area contributed by atoms with E-state index in [1.54, 1.807) is 7.11 Å². The average molecular weight is 384 g/mol. The number of aryl methyl sites for hydroxylation is 2. The van der Waals surface area contributed by atoms with Crippen LogP contribution in [0.1, 0.15) is 48.2 Å². The average Bonchev–Trinajstić information content (AvgIpc) is 3.28. The van der Waals surface area contributed by atoms with Crippen LogP contribution >= 0.6 is 0 Å². The molecule has 1 saturated carbocycles. The molecule has 2 N–H and O–H groups in total. The molecule has 3 rings (SSSR count). The first-order valence-electron chi connectivity index (χ1n) is 10.1. The summed E-state index contributed by atoms with van der Waals surface area (Å²) in [6.45, 7) is 5.71. The number of hydrogen-bond acceptors (Lipinski definition) is 3. The molecule has 6 nitrogen and oxygen atoms in total. The Kier molecular flexibility index (Phi) is 6.27. The van der Waals surface area contributed by atoms with Crippen LogP contribution in [0.15, 0.2) is 29.3 Å². The van der Waals surface area contributed by atoms with Crippen molar-refractivity contribution < 1.29 is 4.74 Å². The maximum atomic E-state index is 5.67. The smallest absolute Gasteiger partial charge is 0.191 e. The fourth-order valence-electron chi connectivity index (χ4n) is 4.39. The molecule has 152 valence electrons. The molecular weight excluding hydrogens is 350 g/mol. The molecule has 1 fully saturated rings. The summed E-state index contributed by atoms with van der Waals surface area (Å²) in [6.07, 6.45) is 4.83. The third-order valence-corrected chi connectivity index (χ3v) is 6.15. The number of nitrogens with one attached hydrogen (secondary N) is 2. The fourth-order valence-corrected chi connectivity index (χ4v) is 4.39. The highest BCUT2D eigenvalue weighted by atomic mass is 16.5. The third kappa shape index (κ3) is 4.01. The summed E-state index contributed by atoms with van der Waals surface area (Å²) in [6, 6.07) is 8.43. The van der Waals surface area contributed by atoms with Gasteiger partial charge < -0.3 is 15.4 Å². The summed E-state index contributed by atoms with van der Waals surface area (Å²) in [5, 5.41) is 11.5. The van der Waals surface area contributed by atoms with E-state index in [0.717, 1.165) is 36.8 Å². The van der Waals surface area contributed by atoms with E-state index in [1.807, 2.05) is 24.8 Å². The van der Waals surface area contributed by atoms with Gasteiger partial charge in [0.2, 0.25) is 0 Å². The highest BCUT2D eigenvalue weighted by Crippen LogP contribution is 2.44. The molecule has 1 heterocycles. The number of hydrogen-bond donors (Lipinski definition) is 2. The third-order valence-electron chi connectivity index (χ3n) is 6.15. The molecule has 1 aromatic heterocycles. The van der Waals surface area contributed by atoms with Gasteiger partial charge in [-0.15, -0.1) is 0 Å². The summed E-state index contributed by atoms with van der Waals surface area (Å²) in [7, 11) is 5.56. The quantitative estimate of drug-likeness (QED) is 0.594. The second-order valence-corrected chi connectivity index (χ2v) is 7.74. The molecule has 0 aliphatic heterocycles. The summed E-state index contributed by atoms with van der Waals surface area (Å²) < 4.78 is 7.60.